The summed E-state index contributed by atoms with van der Waals surface area (Å²) in [4.78, 5) is 14.6. The van der Waals surface area contributed by atoms with E-state index in [9.17, 15) is 9.18 Å². The Morgan fingerprint density at radius 3 is 2.89 bits per heavy atom. The van der Waals surface area contributed by atoms with Gasteiger partial charge in [0.1, 0.15) is 0 Å². The van der Waals surface area contributed by atoms with Crippen LogP contribution in [0.3, 0.4) is 0 Å². The van der Waals surface area contributed by atoms with Crippen molar-refractivity contribution in [1.82, 2.24) is 10.1 Å². The Labute approximate surface area is 107 Å². The van der Waals surface area contributed by atoms with Gasteiger partial charge in [-0.15, -0.1) is 0 Å². The van der Waals surface area contributed by atoms with Crippen molar-refractivity contribution in [3.63, 3.8) is 0 Å². The highest BCUT2D eigenvalue weighted by atomic mass is 19.1. The van der Waals surface area contributed by atoms with Gasteiger partial charge in [0.25, 0.3) is 0 Å². The largest absolute Gasteiger partial charge is 0.482 e. The van der Waals surface area contributed by atoms with E-state index in [1.807, 2.05) is 6.92 Å². The number of aromatic carboxylic acids is 1. The lowest BCUT2D eigenvalue weighted by Gasteiger charge is -2.05. The highest BCUT2D eigenvalue weighted by Gasteiger charge is 2.11. The topological polar surface area (TPSA) is 85.5 Å². The minimum atomic E-state index is -1.20. The molecule has 0 radical (unpaired) electrons. The summed E-state index contributed by atoms with van der Waals surface area (Å²) in [5.74, 6) is -1.23. The van der Waals surface area contributed by atoms with Crippen LogP contribution in [-0.4, -0.2) is 21.2 Å². The summed E-state index contributed by atoms with van der Waals surface area (Å²) in [5.41, 5.74) is -0.141. The smallest absolute Gasteiger partial charge is 0.335 e. The Morgan fingerprint density at radius 2 is 2.32 bits per heavy atom. The summed E-state index contributed by atoms with van der Waals surface area (Å²) in [7, 11) is 0. The third-order valence-corrected chi connectivity index (χ3v) is 2.35. The molecule has 2 rings (SSSR count). The van der Waals surface area contributed by atoms with Crippen molar-refractivity contribution in [3.8, 4) is 5.75 Å². The average molecular weight is 266 g/mol. The zero-order valence-electron chi connectivity index (χ0n) is 10.1. The molecule has 0 fully saturated rings. The molecule has 7 heteroatoms. The first kappa shape index (κ1) is 13.0. The second-order valence-electron chi connectivity index (χ2n) is 3.70. The number of aryl methyl sites for hydroxylation is 1. The maximum atomic E-state index is 13.5. The Bertz CT molecular complexity index is 597. The molecule has 19 heavy (non-hydrogen) atoms. The molecule has 100 valence electrons. The number of benzene rings is 1. The second kappa shape index (κ2) is 5.47. The lowest BCUT2D eigenvalue weighted by Crippen LogP contribution is -2.02. The van der Waals surface area contributed by atoms with Crippen molar-refractivity contribution in [2.75, 3.05) is 0 Å². The number of halogens is 1. The van der Waals surface area contributed by atoms with Crippen molar-refractivity contribution in [1.29, 1.82) is 0 Å². The Balaban J connectivity index is 2.05. The molecule has 0 saturated carbocycles. The van der Waals surface area contributed by atoms with Gasteiger partial charge in [0.05, 0.1) is 5.56 Å². The fraction of sp³-hybridized carbons (Fsp3) is 0.250. The van der Waals surface area contributed by atoms with E-state index in [-0.39, 0.29) is 17.9 Å². The van der Waals surface area contributed by atoms with Crippen LogP contribution in [0.1, 0.15) is 29.0 Å². The molecule has 0 unspecified atom stereocenters. The molecule has 1 aromatic heterocycles. The van der Waals surface area contributed by atoms with Gasteiger partial charge >= 0.3 is 5.97 Å². The number of nitrogens with zero attached hydrogens (tertiary/aromatic N) is 2. The Hall–Kier alpha value is -2.44. The molecule has 0 bridgehead atoms. The quantitative estimate of drug-likeness (QED) is 0.891. The summed E-state index contributed by atoms with van der Waals surface area (Å²) >= 11 is 0. The molecule has 1 heterocycles. The summed E-state index contributed by atoms with van der Waals surface area (Å²) in [6, 6.07) is 3.40. The molecule has 1 aromatic carbocycles. The first-order valence-corrected chi connectivity index (χ1v) is 5.57. The molecule has 0 spiro atoms. The third-order valence-electron chi connectivity index (χ3n) is 2.35. The van der Waals surface area contributed by atoms with Gasteiger partial charge in [-0.05, 0) is 18.2 Å². The first-order chi connectivity index (χ1) is 9.10. The van der Waals surface area contributed by atoms with Crippen molar-refractivity contribution in [3.05, 3.63) is 41.3 Å². The fourth-order valence-electron chi connectivity index (χ4n) is 1.39. The van der Waals surface area contributed by atoms with E-state index in [4.69, 9.17) is 14.4 Å². The van der Waals surface area contributed by atoms with Crippen LogP contribution in [0.5, 0.6) is 5.75 Å². The SMILES string of the molecule is CCc1nc(COc2ccc(C(=O)O)cc2F)no1. The zero-order chi connectivity index (χ0) is 13.8. The number of aromatic nitrogens is 2. The molecule has 0 saturated heterocycles. The molecule has 0 aliphatic rings. The van der Waals surface area contributed by atoms with Gasteiger partial charge in [-0.25, -0.2) is 9.18 Å². The molecule has 2 aromatic rings. The number of rotatable bonds is 5. The van der Waals surface area contributed by atoms with Crippen molar-refractivity contribution >= 4 is 5.97 Å². The monoisotopic (exact) mass is 266 g/mol. The van der Waals surface area contributed by atoms with Gasteiger partial charge in [0, 0.05) is 6.42 Å². The van der Waals surface area contributed by atoms with Gasteiger partial charge in [0.15, 0.2) is 18.2 Å². The Morgan fingerprint density at radius 1 is 1.53 bits per heavy atom. The predicted octanol–water partition coefficient (Wildman–Crippen LogP) is 2.05. The van der Waals surface area contributed by atoms with Gasteiger partial charge in [-0.3, -0.25) is 0 Å². The van der Waals surface area contributed by atoms with E-state index in [0.29, 0.717) is 18.1 Å². The predicted molar refractivity (Wildman–Crippen MR) is 61.4 cm³/mol. The second-order valence-corrected chi connectivity index (χ2v) is 3.70. The fourth-order valence-corrected chi connectivity index (χ4v) is 1.39. The number of ether oxygens (including phenoxy) is 1. The average Bonchev–Trinajstić information content (AvgIpc) is 2.85. The molecule has 0 atom stereocenters. The Kier molecular flexibility index (Phi) is 3.74. The van der Waals surface area contributed by atoms with Gasteiger partial charge in [-0.2, -0.15) is 4.98 Å². The van der Waals surface area contributed by atoms with Crippen LogP contribution in [0.25, 0.3) is 0 Å². The summed E-state index contributed by atoms with van der Waals surface area (Å²) in [6.07, 6.45) is 0.606. The van der Waals surface area contributed by atoms with E-state index in [2.05, 4.69) is 10.1 Å². The van der Waals surface area contributed by atoms with Gasteiger partial charge in [-0.1, -0.05) is 12.1 Å². The van der Waals surface area contributed by atoms with Crippen LogP contribution in [-0.2, 0) is 13.0 Å². The summed E-state index contributed by atoms with van der Waals surface area (Å²) in [6.45, 7) is 1.81. The number of carbonyl (C=O) groups is 1. The van der Waals surface area contributed by atoms with Crippen molar-refractivity contribution < 1.29 is 23.6 Å². The van der Waals surface area contributed by atoms with E-state index in [1.54, 1.807) is 0 Å². The highest BCUT2D eigenvalue weighted by Crippen LogP contribution is 2.19. The lowest BCUT2D eigenvalue weighted by atomic mass is 10.2. The molecular weight excluding hydrogens is 255 g/mol. The third kappa shape index (κ3) is 3.06. The molecular formula is C12H11FN2O4. The number of carboxylic acid groups (broad SMARTS) is 1. The molecule has 1 N–H and O–H groups in total. The van der Waals surface area contributed by atoms with Crippen LogP contribution in [0.4, 0.5) is 4.39 Å². The molecule has 6 nitrogen and oxygen atoms in total. The molecule has 0 amide bonds. The maximum Gasteiger partial charge on any atom is 0.335 e. The summed E-state index contributed by atoms with van der Waals surface area (Å²) in [5, 5.41) is 12.3. The number of carboxylic acids is 1. The van der Waals surface area contributed by atoms with Gasteiger partial charge in [0.2, 0.25) is 11.7 Å². The minimum Gasteiger partial charge on any atom is -0.482 e. The van der Waals surface area contributed by atoms with Crippen molar-refractivity contribution in [2.45, 2.75) is 20.0 Å². The molecule has 0 aliphatic heterocycles. The van der Waals surface area contributed by atoms with Gasteiger partial charge < -0.3 is 14.4 Å². The van der Waals surface area contributed by atoms with Crippen LogP contribution in [0, 0.1) is 5.82 Å². The highest BCUT2D eigenvalue weighted by molar-refractivity contribution is 5.87. The summed E-state index contributed by atoms with van der Waals surface area (Å²) < 4.78 is 23.6. The zero-order valence-corrected chi connectivity index (χ0v) is 10.1. The van der Waals surface area contributed by atoms with Crippen LogP contribution in [0.15, 0.2) is 22.7 Å². The van der Waals surface area contributed by atoms with E-state index in [0.717, 1.165) is 6.07 Å². The van der Waals surface area contributed by atoms with Crippen LogP contribution < -0.4 is 4.74 Å². The minimum absolute atomic E-state index is 0.0488. The van der Waals surface area contributed by atoms with E-state index < -0.39 is 11.8 Å². The first-order valence-electron chi connectivity index (χ1n) is 5.57. The normalized spacial score (nSPS) is 10.4. The lowest BCUT2D eigenvalue weighted by molar-refractivity contribution is 0.0696. The number of hydrogen-bond donors (Lipinski definition) is 1. The van der Waals surface area contributed by atoms with Crippen molar-refractivity contribution in [2.24, 2.45) is 0 Å². The standard InChI is InChI=1S/C12H11FN2O4/c1-2-11-14-10(15-19-11)6-18-9-4-3-7(12(16)17)5-8(9)13/h3-5H,2,6H2,1H3,(H,16,17). The van der Waals surface area contributed by atoms with E-state index in [1.165, 1.54) is 12.1 Å². The number of hydrogen-bond acceptors (Lipinski definition) is 5. The van der Waals surface area contributed by atoms with Crippen LogP contribution >= 0.6 is 0 Å². The molecule has 0 aliphatic carbocycles. The maximum absolute atomic E-state index is 13.5. The van der Waals surface area contributed by atoms with E-state index >= 15 is 0 Å². The van der Waals surface area contributed by atoms with Crippen LogP contribution in [0.2, 0.25) is 0 Å².